The van der Waals surface area contributed by atoms with Gasteiger partial charge in [-0.15, -0.1) is 0 Å². The number of carbonyl (C=O) groups excluding carboxylic acids is 1. The maximum absolute atomic E-state index is 13.5. The number of rotatable bonds is 7. The maximum Gasteiger partial charge on any atom is 0.238 e. The minimum Gasteiger partial charge on any atom is -0.330 e. The molecule has 0 radical (unpaired) electrons. The molecule has 0 aromatic heterocycles. The van der Waals surface area contributed by atoms with Crippen molar-refractivity contribution >= 4 is 11.6 Å². The number of anilines is 1. The van der Waals surface area contributed by atoms with Crippen molar-refractivity contribution in [2.24, 2.45) is 11.1 Å². The standard InChI is InChI=1S/C16H26FN3O/c1-5-20(11-16(3,4)10-18)9-15(21)19-13-7-6-12(2)14(17)8-13/h6-8H,5,9-11,18H2,1-4H3,(H,19,21). The molecule has 0 fully saturated rings. The molecule has 0 heterocycles. The predicted octanol–water partition coefficient (Wildman–Crippen LogP) is 2.38. The first kappa shape index (κ1) is 17.6. The Kier molecular flexibility index (Phi) is 6.30. The predicted molar refractivity (Wildman–Crippen MR) is 84.7 cm³/mol. The van der Waals surface area contributed by atoms with Crippen LogP contribution in [-0.2, 0) is 4.79 Å². The monoisotopic (exact) mass is 295 g/mol. The first-order valence-electron chi connectivity index (χ1n) is 7.26. The number of nitrogens with one attached hydrogen (secondary N) is 1. The van der Waals surface area contributed by atoms with Crippen molar-refractivity contribution in [3.05, 3.63) is 29.6 Å². The van der Waals surface area contributed by atoms with Gasteiger partial charge in [-0.3, -0.25) is 9.69 Å². The zero-order valence-electron chi connectivity index (χ0n) is 13.4. The van der Waals surface area contributed by atoms with Crippen LogP contribution in [0.5, 0.6) is 0 Å². The van der Waals surface area contributed by atoms with Crippen LogP contribution in [0.4, 0.5) is 10.1 Å². The largest absolute Gasteiger partial charge is 0.330 e. The van der Waals surface area contributed by atoms with Gasteiger partial charge in [-0.25, -0.2) is 4.39 Å². The van der Waals surface area contributed by atoms with Crippen molar-refractivity contribution < 1.29 is 9.18 Å². The van der Waals surface area contributed by atoms with E-state index in [2.05, 4.69) is 19.2 Å². The molecule has 0 unspecified atom stereocenters. The van der Waals surface area contributed by atoms with Gasteiger partial charge in [0.05, 0.1) is 6.54 Å². The summed E-state index contributed by atoms with van der Waals surface area (Å²) in [6, 6.07) is 4.70. The van der Waals surface area contributed by atoms with Crippen LogP contribution in [0, 0.1) is 18.2 Å². The summed E-state index contributed by atoms with van der Waals surface area (Å²) in [7, 11) is 0. The first-order chi connectivity index (χ1) is 9.77. The number of hydrogen-bond donors (Lipinski definition) is 2. The summed E-state index contributed by atoms with van der Waals surface area (Å²) >= 11 is 0. The zero-order chi connectivity index (χ0) is 16.0. The van der Waals surface area contributed by atoms with Gasteiger partial charge in [0.2, 0.25) is 5.91 Å². The molecule has 0 bridgehead atoms. The third-order valence-electron chi connectivity index (χ3n) is 3.47. The fraction of sp³-hybridized carbons (Fsp3) is 0.562. The summed E-state index contributed by atoms with van der Waals surface area (Å²) in [5, 5.41) is 2.73. The molecule has 5 heteroatoms. The van der Waals surface area contributed by atoms with Gasteiger partial charge in [-0.05, 0) is 43.1 Å². The fourth-order valence-electron chi connectivity index (χ4n) is 2.02. The van der Waals surface area contributed by atoms with E-state index in [0.29, 0.717) is 17.8 Å². The van der Waals surface area contributed by atoms with E-state index in [4.69, 9.17) is 5.73 Å². The van der Waals surface area contributed by atoms with Crippen LogP contribution >= 0.6 is 0 Å². The molecule has 0 atom stereocenters. The Hall–Kier alpha value is -1.46. The molecule has 0 spiro atoms. The van der Waals surface area contributed by atoms with Crippen molar-refractivity contribution in [2.45, 2.75) is 27.7 Å². The van der Waals surface area contributed by atoms with Crippen LogP contribution in [0.1, 0.15) is 26.3 Å². The van der Waals surface area contributed by atoms with E-state index in [1.807, 2.05) is 11.8 Å². The molecule has 1 aromatic rings. The van der Waals surface area contributed by atoms with Crippen LogP contribution in [0.2, 0.25) is 0 Å². The minimum absolute atomic E-state index is 0.0355. The lowest BCUT2D eigenvalue weighted by atomic mass is 9.93. The SMILES string of the molecule is CCN(CC(=O)Nc1ccc(C)c(F)c1)CC(C)(C)CN. The van der Waals surface area contributed by atoms with Crippen LogP contribution in [0.15, 0.2) is 18.2 Å². The summed E-state index contributed by atoms with van der Waals surface area (Å²) in [5.74, 6) is -0.461. The minimum atomic E-state index is -0.315. The van der Waals surface area contributed by atoms with Crippen LogP contribution < -0.4 is 11.1 Å². The van der Waals surface area contributed by atoms with Crippen molar-refractivity contribution in [3.63, 3.8) is 0 Å². The molecular formula is C16H26FN3O. The van der Waals surface area contributed by atoms with Crippen molar-refractivity contribution in [1.29, 1.82) is 0 Å². The smallest absolute Gasteiger partial charge is 0.238 e. The Morgan fingerprint density at radius 1 is 1.43 bits per heavy atom. The molecule has 0 saturated heterocycles. The summed E-state index contributed by atoms with van der Waals surface area (Å²) in [5.41, 5.74) is 6.74. The number of aryl methyl sites for hydroxylation is 1. The zero-order valence-corrected chi connectivity index (χ0v) is 13.4. The maximum atomic E-state index is 13.5. The number of nitrogens with two attached hydrogens (primary N) is 1. The number of halogens is 1. The summed E-state index contributed by atoms with van der Waals surface area (Å²) < 4.78 is 13.5. The van der Waals surface area contributed by atoms with Crippen molar-refractivity contribution in [1.82, 2.24) is 4.90 Å². The normalized spacial score (nSPS) is 11.8. The van der Waals surface area contributed by atoms with Crippen LogP contribution in [0.3, 0.4) is 0 Å². The number of carbonyl (C=O) groups is 1. The lowest BCUT2D eigenvalue weighted by molar-refractivity contribution is -0.117. The van der Waals surface area contributed by atoms with Crippen LogP contribution in [0.25, 0.3) is 0 Å². The van der Waals surface area contributed by atoms with Gasteiger partial charge in [-0.2, -0.15) is 0 Å². The van der Waals surface area contributed by atoms with Gasteiger partial charge in [0, 0.05) is 12.2 Å². The Labute approximate surface area is 126 Å². The summed E-state index contributed by atoms with van der Waals surface area (Å²) in [6.07, 6.45) is 0. The quantitative estimate of drug-likeness (QED) is 0.812. The molecule has 0 aliphatic heterocycles. The lowest BCUT2D eigenvalue weighted by Gasteiger charge is -2.30. The molecule has 1 aromatic carbocycles. The first-order valence-corrected chi connectivity index (χ1v) is 7.26. The Bertz CT molecular complexity index is 488. The molecule has 4 nitrogen and oxygen atoms in total. The van der Waals surface area contributed by atoms with E-state index >= 15 is 0 Å². The molecule has 0 saturated carbocycles. The van der Waals surface area contributed by atoms with Crippen LogP contribution in [-0.4, -0.2) is 37.0 Å². The van der Waals surface area contributed by atoms with E-state index < -0.39 is 0 Å². The van der Waals surface area contributed by atoms with Gasteiger partial charge >= 0.3 is 0 Å². The average molecular weight is 295 g/mol. The molecular weight excluding hydrogens is 269 g/mol. The van der Waals surface area contributed by atoms with Crippen molar-refractivity contribution in [2.75, 3.05) is 31.5 Å². The fourth-order valence-corrected chi connectivity index (χ4v) is 2.02. The molecule has 118 valence electrons. The van der Waals surface area contributed by atoms with Gasteiger partial charge in [0.25, 0.3) is 0 Å². The van der Waals surface area contributed by atoms with Gasteiger partial charge in [0.15, 0.2) is 0 Å². The Morgan fingerprint density at radius 3 is 2.62 bits per heavy atom. The topological polar surface area (TPSA) is 58.4 Å². The van der Waals surface area contributed by atoms with E-state index in [1.165, 1.54) is 6.07 Å². The Morgan fingerprint density at radius 2 is 2.10 bits per heavy atom. The number of benzene rings is 1. The molecule has 21 heavy (non-hydrogen) atoms. The Balaban J connectivity index is 2.60. The van der Waals surface area contributed by atoms with Gasteiger partial charge in [-0.1, -0.05) is 26.8 Å². The molecule has 1 amide bonds. The second-order valence-corrected chi connectivity index (χ2v) is 6.18. The second kappa shape index (κ2) is 7.52. The summed E-state index contributed by atoms with van der Waals surface area (Å²) in [4.78, 5) is 14.1. The highest BCUT2D eigenvalue weighted by Gasteiger charge is 2.20. The van der Waals surface area contributed by atoms with E-state index in [1.54, 1.807) is 19.1 Å². The van der Waals surface area contributed by atoms with E-state index in [0.717, 1.165) is 13.1 Å². The molecule has 3 N–H and O–H groups in total. The second-order valence-electron chi connectivity index (χ2n) is 6.18. The summed E-state index contributed by atoms with van der Waals surface area (Å²) in [6.45, 7) is 10.2. The van der Waals surface area contributed by atoms with E-state index in [-0.39, 0.29) is 23.7 Å². The highest BCUT2D eigenvalue weighted by Crippen LogP contribution is 2.16. The van der Waals surface area contributed by atoms with Gasteiger partial charge < -0.3 is 11.1 Å². The third kappa shape index (κ3) is 5.81. The highest BCUT2D eigenvalue weighted by atomic mass is 19.1. The number of likely N-dealkylation sites (N-methyl/N-ethyl adjacent to an activating group) is 1. The number of hydrogen-bond acceptors (Lipinski definition) is 3. The molecule has 0 aliphatic rings. The molecule has 0 aliphatic carbocycles. The molecule has 1 rings (SSSR count). The highest BCUT2D eigenvalue weighted by molar-refractivity contribution is 5.92. The third-order valence-corrected chi connectivity index (χ3v) is 3.47. The average Bonchev–Trinajstić information content (AvgIpc) is 2.42. The van der Waals surface area contributed by atoms with E-state index in [9.17, 15) is 9.18 Å². The number of amides is 1. The van der Waals surface area contributed by atoms with Crippen molar-refractivity contribution in [3.8, 4) is 0 Å². The van der Waals surface area contributed by atoms with Gasteiger partial charge in [0.1, 0.15) is 5.82 Å². The lowest BCUT2D eigenvalue weighted by Crippen LogP contribution is -2.42. The number of nitrogens with zero attached hydrogens (tertiary/aromatic N) is 1.